The van der Waals surface area contributed by atoms with E-state index in [1.807, 2.05) is 17.9 Å². The highest BCUT2D eigenvalue weighted by molar-refractivity contribution is 5.72. The van der Waals surface area contributed by atoms with Crippen molar-refractivity contribution < 1.29 is 9.90 Å². The lowest BCUT2D eigenvalue weighted by molar-refractivity contribution is -0.142. The molecule has 5 nitrogen and oxygen atoms in total. The molecule has 0 aliphatic carbocycles. The summed E-state index contributed by atoms with van der Waals surface area (Å²) in [7, 11) is 0. The van der Waals surface area contributed by atoms with Gasteiger partial charge in [0.1, 0.15) is 12.1 Å². The molecule has 1 aliphatic heterocycles. The molecule has 0 spiro atoms. The van der Waals surface area contributed by atoms with Crippen molar-refractivity contribution >= 4 is 11.8 Å². The predicted octanol–water partition coefficient (Wildman–Crippen LogP) is 1.59. The topological polar surface area (TPSA) is 66.3 Å². The van der Waals surface area contributed by atoms with Crippen molar-refractivity contribution in [3.63, 3.8) is 0 Å². The van der Waals surface area contributed by atoms with E-state index in [1.165, 1.54) is 0 Å². The zero-order valence-electron chi connectivity index (χ0n) is 10.8. The fourth-order valence-corrected chi connectivity index (χ4v) is 2.43. The summed E-state index contributed by atoms with van der Waals surface area (Å²) in [4.78, 5) is 21.6. The van der Waals surface area contributed by atoms with Gasteiger partial charge in [-0.1, -0.05) is 20.3 Å². The van der Waals surface area contributed by atoms with Crippen LogP contribution in [-0.4, -0.2) is 34.1 Å². The molecule has 1 fully saturated rings. The van der Waals surface area contributed by atoms with Gasteiger partial charge < -0.3 is 10.0 Å². The Morgan fingerprint density at radius 2 is 2.28 bits per heavy atom. The van der Waals surface area contributed by atoms with E-state index in [4.69, 9.17) is 5.11 Å². The summed E-state index contributed by atoms with van der Waals surface area (Å²) in [5.74, 6) is -0.00133. The van der Waals surface area contributed by atoms with Crippen molar-refractivity contribution in [3.05, 3.63) is 18.1 Å². The maximum Gasteiger partial charge on any atom is 0.308 e. The molecule has 2 heterocycles. The van der Waals surface area contributed by atoms with Crippen molar-refractivity contribution in [2.24, 2.45) is 11.8 Å². The molecule has 1 saturated heterocycles. The van der Waals surface area contributed by atoms with Crippen molar-refractivity contribution in [1.29, 1.82) is 0 Å². The molecule has 0 radical (unpaired) electrons. The van der Waals surface area contributed by atoms with E-state index in [2.05, 4.69) is 16.9 Å². The molecular weight excluding hydrogens is 230 g/mol. The minimum absolute atomic E-state index is 0.159. The molecule has 2 atom stereocenters. The van der Waals surface area contributed by atoms with E-state index in [9.17, 15) is 4.79 Å². The molecule has 18 heavy (non-hydrogen) atoms. The minimum atomic E-state index is -0.715. The lowest BCUT2D eigenvalue weighted by atomic mass is 9.99. The van der Waals surface area contributed by atoms with Gasteiger partial charge in [0.05, 0.1) is 5.92 Å². The Kier molecular flexibility index (Phi) is 3.79. The summed E-state index contributed by atoms with van der Waals surface area (Å²) < 4.78 is 0. The van der Waals surface area contributed by atoms with Gasteiger partial charge in [0, 0.05) is 24.8 Å². The van der Waals surface area contributed by atoms with Gasteiger partial charge in [-0.2, -0.15) is 0 Å². The summed E-state index contributed by atoms with van der Waals surface area (Å²) in [5, 5.41) is 9.13. The van der Waals surface area contributed by atoms with Crippen molar-refractivity contribution in [2.45, 2.75) is 26.7 Å². The number of carbonyl (C=O) groups is 1. The third-order valence-electron chi connectivity index (χ3n) is 3.47. The Morgan fingerprint density at radius 3 is 2.89 bits per heavy atom. The first-order valence-electron chi connectivity index (χ1n) is 6.40. The monoisotopic (exact) mass is 249 g/mol. The van der Waals surface area contributed by atoms with E-state index in [0.29, 0.717) is 6.54 Å². The zero-order chi connectivity index (χ0) is 13.1. The predicted molar refractivity (Wildman–Crippen MR) is 68.5 cm³/mol. The van der Waals surface area contributed by atoms with Crippen LogP contribution in [0.5, 0.6) is 0 Å². The van der Waals surface area contributed by atoms with Crippen LogP contribution < -0.4 is 4.90 Å². The highest BCUT2D eigenvalue weighted by Crippen LogP contribution is 2.27. The zero-order valence-corrected chi connectivity index (χ0v) is 10.8. The normalized spacial score (nSPS) is 23.3. The van der Waals surface area contributed by atoms with Crippen molar-refractivity contribution in [3.8, 4) is 0 Å². The van der Waals surface area contributed by atoms with Crippen molar-refractivity contribution in [1.82, 2.24) is 9.97 Å². The first-order valence-corrected chi connectivity index (χ1v) is 6.40. The van der Waals surface area contributed by atoms with Crippen LogP contribution in [0.2, 0.25) is 0 Å². The number of carboxylic acids is 1. The number of hydrogen-bond acceptors (Lipinski definition) is 4. The molecule has 1 aromatic rings. The average Bonchev–Trinajstić information content (AvgIpc) is 2.72. The van der Waals surface area contributed by atoms with Gasteiger partial charge in [0.25, 0.3) is 0 Å². The maximum atomic E-state index is 11.1. The van der Waals surface area contributed by atoms with Gasteiger partial charge >= 0.3 is 5.97 Å². The second-order valence-corrected chi connectivity index (χ2v) is 4.94. The Bertz CT molecular complexity index is 436. The lowest BCUT2D eigenvalue weighted by Crippen LogP contribution is -2.23. The Labute approximate surface area is 107 Å². The smallest absolute Gasteiger partial charge is 0.308 e. The highest BCUT2D eigenvalue weighted by atomic mass is 16.4. The number of hydrogen-bond donors (Lipinski definition) is 1. The van der Waals surface area contributed by atoms with Crippen LogP contribution in [0.3, 0.4) is 0 Å². The van der Waals surface area contributed by atoms with E-state index >= 15 is 0 Å². The summed E-state index contributed by atoms with van der Waals surface area (Å²) in [6, 6.07) is 1.97. The Hall–Kier alpha value is -1.65. The summed E-state index contributed by atoms with van der Waals surface area (Å²) >= 11 is 0. The molecule has 5 heteroatoms. The minimum Gasteiger partial charge on any atom is -0.481 e. The Balaban J connectivity index is 2.13. The molecule has 0 amide bonds. The molecular formula is C13H19N3O2. The van der Waals surface area contributed by atoms with E-state index in [-0.39, 0.29) is 11.8 Å². The molecule has 0 aromatic carbocycles. The van der Waals surface area contributed by atoms with Crippen LogP contribution in [0.15, 0.2) is 12.4 Å². The number of aliphatic carboxylic acids is 1. The molecule has 1 aromatic heterocycles. The molecule has 1 aliphatic rings. The van der Waals surface area contributed by atoms with Crippen LogP contribution in [-0.2, 0) is 11.2 Å². The second kappa shape index (κ2) is 5.33. The first-order chi connectivity index (χ1) is 8.61. The van der Waals surface area contributed by atoms with E-state index < -0.39 is 5.97 Å². The van der Waals surface area contributed by atoms with Gasteiger partial charge in [-0.05, 0) is 12.3 Å². The van der Waals surface area contributed by atoms with Gasteiger partial charge in [-0.15, -0.1) is 0 Å². The van der Waals surface area contributed by atoms with Crippen LogP contribution in [0.25, 0.3) is 0 Å². The number of anilines is 1. The Morgan fingerprint density at radius 1 is 1.50 bits per heavy atom. The van der Waals surface area contributed by atoms with Crippen LogP contribution in [0.4, 0.5) is 5.82 Å². The summed E-state index contributed by atoms with van der Waals surface area (Å²) in [6.07, 6.45) is 3.55. The summed E-state index contributed by atoms with van der Waals surface area (Å²) in [5.41, 5.74) is 1.02. The molecule has 98 valence electrons. The van der Waals surface area contributed by atoms with Crippen LogP contribution >= 0.6 is 0 Å². The quantitative estimate of drug-likeness (QED) is 0.877. The lowest BCUT2D eigenvalue weighted by Gasteiger charge is -2.17. The number of rotatable bonds is 4. The maximum absolute atomic E-state index is 11.1. The largest absolute Gasteiger partial charge is 0.481 e. The average molecular weight is 249 g/mol. The number of carboxylic acid groups (broad SMARTS) is 1. The van der Waals surface area contributed by atoms with E-state index in [1.54, 1.807) is 6.33 Å². The standard InChI is InChI=1S/C13H19N3O2/c1-3-4-10-5-12(15-8-14-10)16-6-9(2)11(7-16)13(17)18/h5,8-9,11H,3-4,6-7H2,1-2H3,(H,17,18). The van der Waals surface area contributed by atoms with Crippen LogP contribution in [0.1, 0.15) is 26.0 Å². The summed E-state index contributed by atoms with van der Waals surface area (Å²) in [6.45, 7) is 5.38. The van der Waals surface area contributed by atoms with Crippen LogP contribution in [0, 0.1) is 11.8 Å². The SMILES string of the molecule is CCCc1cc(N2CC(C)C(C(=O)O)C2)ncn1. The number of nitrogens with zero attached hydrogens (tertiary/aromatic N) is 3. The fraction of sp³-hybridized carbons (Fsp3) is 0.615. The third kappa shape index (κ3) is 2.60. The van der Waals surface area contributed by atoms with Crippen molar-refractivity contribution in [2.75, 3.05) is 18.0 Å². The highest BCUT2D eigenvalue weighted by Gasteiger charge is 2.35. The molecule has 2 rings (SSSR count). The molecule has 1 N–H and O–H groups in total. The molecule has 0 bridgehead atoms. The van der Waals surface area contributed by atoms with E-state index in [0.717, 1.165) is 30.9 Å². The first kappa shape index (κ1) is 12.8. The van der Waals surface area contributed by atoms with Gasteiger partial charge in [-0.25, -0.2) is 9.97 Å². The molecule has 0 saturated carbocycles. The fourth-order valence-electron chi connectivity index (χ4n) is 2.43. The molecule has 2 unspecified atom stereocenters. The van der Waals surface area contributed by atoms with Gasteiger partial charge in [0.2, 0.25) is 0 Å². The second-order valence-electron chi connectivity index (χ2n) is 4.94. The van der Waals surface area contributed by atoms with Gasteiger partial charge in [-0.3, -0.25) is 4.79 Å². The number of aromatic nitrogens is 2. The number of aryl methyl sites for hydroxylation is 1. The van der Waals surface area contributed by atoms with Gasteiger partial charge in [0.15, 0.2) is 0 Å². The third-order valence-corrected chi connectivity index (χ3v) is 3.47.